The van der Waals surface area contributed by atoms with Crippen molar-refractivity contribution >= 4 is 29.3 Å². The first kappa shape index (κ1) is 28.3. The highest BCUT2D eigenvalue weighted by Crippen LogP contribution is 2.38. The van der Waals surface area contributed by atoms with Crippen LogP contribution in [0, 0.1) is 0 Å². The zero-order chi connectivity index (χ0) is 26.8. The molecule has 3 rings (SSSR count). The van der Waals surface area contributed by atoms with Gasteiger partial charge in [0.1, 0.15) is 6.04 Å². The van der Waals surface area contributed by atoms with Crippen LogP contribution in [0.25, 0.3) is 0 Å². The van der Waals surface area contributed by atoms with Crippen molar-refractivity contribution in [2.45, 2.75) is 82.3 Å². The lowest BCUT2D eigenvalue weighted by molar-refractivity contribution is -0.127. The molecule has 2 heterocycles. The van der Waals surface area contributed by atoms with E-state index < -0.39 is 24.0 Å². The molecule has 7 N–H and O–H groups in total. The number of primary amides is 2. The lowest BCUT2D eigenvalue weighted by Gasteiger charge is -2.28. The molecule has 1 aromatic rings. The zero-order valence-corrected chi connectivity index (χ0v) is 21.3. The Morgan fingerprint density at radius 2 is 1.84 bits per heavy atom. The molecule has 1 aromatic carbocycles. The number of amides is 4. The number of allylic oxidation sites excluding steroid dienone is 1. The number of anilines is 1. The van der Waals surface area contributed by atoms with E-state index in [4.69, 9.17) is 21.9 Å². The van der Waals surface area contributed by atoms with Crippen LogP contribution in [0.1, 0.15) is 62.5 Å². The first-order valence-corrected chi connectivity index (χ1v) is 13.1. The second-order valence-corrected chi connectivity index (χ2v) is 9.78. The van der Waals surface area contributed by atoms with Crippen molar-refractivity contribution in [3.05, 3.63) is 41.5 Å². The largest absolute Gasteiger partial charge is 0.375 e. The van der Waals surface area contributed by atoms with E-state index in [1.807, 2.05) is 30.4 Å². The summed E-state index contributed by atoms with van der Waals surface area (Å²) in [6, 6.07) is 4.10. The van der Waals surface area contributed by atoms with Crippen LogP contribution in [0.4, 0.5) is 5.69 Å². The van der Waals surface area contributed by atoms with E-state index in [1.165, 1.54) is 0 Å². The Kier molecular flexibility index (Phi) is 10.6. The summed E-state index contributed by atoms with van der Waals surface area (Å²) in [7, 11) is 0. The standard InChI is InChI=1S/C27H39N5O5/c28-21-13-11-18-8-7-9-19-16-22(32(25(18)19)27(21)36)26(35)31-20(12-14-24(30)34)17-37-15-6-4-2-1-3-5-10-23(29)33/h4,6-9,20-22H,1-3,5,10-17,28H2,(H2,29,33)(H2,30,34)(H,31,35)/b6-4-/t20-,21-,22-/m0/s1. The highest BCUT2D eigenvalue weighted by Gasteiger charge is 2.43. The lowest BCUT2D eigenvalue weighted by atomic mass is 10.0. The molecule has 202 valence electrons. The molecule has 2 aliphatic rings. The molecule has 2 aliphatic heterocycles. The number of rotatable bonds is 15. The summed E-state index contributed by atoms with van der Waals surface area (Å²) < 4.78 is 5.74. The fourth-order valence-corrected chi connectivity index (χ4v) is 4.88. The van der Waals surface area contributed by atoms with Gasteiger partial charge in [0.25, 0.3) is 0 Å². The second-order valence-electron chi connectivity index (χ2n) is 9.78. The van der Waals surface area contributed by atoms with Gasteiger partial charge in [-0.25, -0.2) is 0 Å². The smallest absolute Gasteiger partial charge is 0.244 e. The van der Waals surface area contributed by atoms with Gasteiger partial charge in [0.05, 0.1) is 31.0 Å². The molecule has 37 heavy (non-hydrogen) atoms. The number of ether oxygens (including phenoxy) is 1. The first-order valence-electron chi connectivity index (χ1n) is 13.1. The minimum Gasteiger partial charge on any atom is -0.375 e. The number of hydrogen-bond donors (Lipinski definition) is 4. The van der Waals surface area contributed by atoms with Crippen molar-refractivity contribution in [1.29, 1.82) is 0 Å². The van der Waals surface area contributed by atoms with Gasteiger partial charge >= 0.3 is 0 Å². The number of carbonyl (C=O) groups excluding carboxylic acids is 4. The van der Waals surface area contributed by atoms with Gasteiger partial charge in [-0.2, -0.15) is 0 Å². The third-order valence-electron chi connectivity index (χ3n) is 6.83. The molecule has 3 atom stereocenters. The summed E-state index contributed by atoms with van der Waals surface area (Å²) in [5.74, 6) is -1.27. The fraction of sp³-hybridized carbons (Fsp3) is 0.556. The number of unbranched alkanes of at least 4 members (excludes halogenated alkanes) is 3. The average Bonchev–Trinajstić information content (AvgIpc) is 3.20. The number of carbonyl (C=O) groups is 4. The van der Waals surface area contributed by atoms with Crippen LogP contribution >= 0.6 is 0 Å². The quantitative estimate of drug-likeness (QED) is 0.201. The molecule has 0 aliphatic carbocycles. The molecular weight excluding hydrogens is 474 g/mol. The Hall–Kier alpha value is -3.24. The van der Waals surface area contributed by atoms with E-state index >= 15 is 0 Å². The van der Waals surface area contributed by atoms with Crippen LogP contribution < -0.4 is 27.4 Å². The number of aryl methyl sites for hydroxylation is 1. The van der Waals surface area contributed by atoms with E-state index in [1.54, 1.807) is 4.90 Å². The van der Waals surface area contributed by atoms with Gasteiger partial charge in [0.2, 0.25) is 23.6 Å². The maximum atomic E-state index is 13.4. The Bertz CT molecular complexity index is 1010. The van der Waals surface area contributed by atoms with Crippen molar-refractivity contribution in [3.63, 3.8) is 0 Å². The maximum Gasteiger partial charge on any atom is 0.244 e. The highest BCUT2D eigenvalue weighted by atomic mass is 16.5. The Morgan fingerprint density at radius 3 is 2.59 bits per heavy atom. The van der Waals surface area contributed by atoms with E-state index in [2.05, 4.69) is 5.32 Å². The molecule has 0 saturated heterocycles. The van der Waals surface area contributed by atoms with Crippen LogP contribution in [0.2, 0.25) is 0 Å². The molecule has 0 spiro atoms. The number of hydrogen-bond acceptors (Lipinski definition) is 6. The minimum atomic E-state index is -0.696. The number of benzene rings is 1. The molecule has 0 bridgehead atoms. The molecule has 0 fully saturated rings. The van der Waals surface area contributed by atoms with Gasteiger partial charge in [-0.1, -0.05) is 36.8 Å². The molecule has 4 amide bonds. The van der Waals surface area contributed by atoms with Gasteiger partial charge in [-0.05, 0) is 49.7 Å². The van der Waals surface area contributed by atoms with E-state index in [-0.39, 0.29) is 30.7 Å². The third kappa shape index (κ3) is 8.13. The Balaban J connectivity index is 1.54. The monoisotopic (exact) mass is 513 g/mol. The van der Waals surface area contributed by atoms with Gasteiger partial charge < -0.3 is 27.3 Å². The first-order chi connectivity index (χ1) is 17.8. The number of nitrogens with two attached hydrogens (primary N) is 3. The molecular formula is C27H39N5O5. The van der Waals surface area contributed by atoms with Crippen LogP contribution in [0.3, 0.4) is 0 Å². The number of nitrogens with zero attached hydrogens (tertiary/aromatic N) is 1. The highest BCUT2D eigenvalue weighted by molar-refractivity contribution is 6.06. The van der Waals surface area contributed by atoms with Crippen LogP contribution in [0.15, 0.2) is 30.4 Å². The minimum absolute atomic E-state index is 0.109. The summed E-state index contributed by atoms with van der Waals surface area (Å²) in [6.07, 6.45) is 10.0. The van der Waals surface area contributed by atoms with Crippen molar-refractivity contribution in [2.24, 2.45) is 17.2 Å². The average molecular weight is 514 g/mol. The van der Waals surface area contributed by atoms with E-state index in [0.717, 1.165) is 42.5 Å². The Labute approximate surface area is 217 Å². The summed E-state index contributed by atoms with van der Waals surface area (Å²) in [5, 5.41) is 2.98. The fourth-order valence-electron chi connectivity index (χ4n) is 4.88. The van der Waals surface area contributed by atoms with Crippen molar-refractivity contribution < 1.29 is 23.9 Å². The molecule has 0 radical (unpaired) electrons. The third-order valence-corrected chi connectivity index (χ3v) is 6.83. The van der Waals surface area contributed by atoms with Gasteiger partial charge in [-0.3, -0.25) is 24.1 Å². The number of nitrogens with one attached hydrogen (secondary N) is 1. The van der Waals surface area contributed by atoms with E-state index in [0.29, 0.717) is 38.7 Å². The molecule has 10 nitrogen and oxygen atoms in total. The van der Waals surface area contributed by atoms with Gasteiger partial charge in [-0.15, -0.1) is 0 Å². The molecule has 0 aromatic heterocycles. The normalized spacial score (nSPS) is 19.5. The Morgan fingerprint density at radius 1 is 1.08 bits per heavy atom. The lowest BCUT2D eigenvalue weighted by Crippen LogP contribution is -2.54. The SMILES string of the molecule is NC(=O)CCCCC/C=C\COC[C@H](CCC(N)=O)NC(=O)[C@@H]1Cc2cccc3c2N1C(=O)[C@@H](N)CC3. The molecule has 0 saturated carbocycles. The van der Waals surface area contributed by atoms with Crippen LogP contribution in [-0.2, 0) is 36.8 Å². The van der Waals surface area contributed by atoms with Crippen LogP contribution in [0.5, 0.6) is 0 Å². The van der Waals surface area contributed by atoms with Crippen molar-refractivity contribution in [1.82, 2.24) is 5.32 Å². The van der Waals surface area contributed by atoms with Gasteiger partial charge in [0.15, 0.2) is 0 Å². The second kappa shape index (κ2) is 13.9. The predicted molar refractivity (Wildman–Crippen MR) is 140 cm³/mol. The predicted octanol–water partition coefficient (Wildman–Crippen LogP) is 0.977. The zero-order valence-electron chi connectivity index (χ0n) is 21.3. The topological polar surface area (TPSA) is 171 Å². The summed E-state index contributed by atoms with van der Waals surface area (Å²) in [5.41, 5.74) is 19.4. The van der Waals surface area contributed by atoms with Crippen LogP contribution in [-0.4, -0.2) is 55.0 Å². The number of para-hydroxylation sites is 1. The summed E-state index contributed by atoms with van der Waals surface area (Å²) >= 11 is 0. The van der Waals surface area contributed by atoms with E-state index in [9.17, 15) is 19.2 Å². The molecule has 10 heteroatoms. The van der Waals surface area contributed by atoms with Gasteiger partial charge in [0, 0.05) is 19.3 Å². The summed E-state index contributed by atoms with van der Waals surface area (Å²) in [4.78, 5) is 50.2. The summed E-state index contributed by atoms with van der Waals surface area (Å²) in [6.45, 7) is 0.572. The maximum absolute atomic E-state index is 13.4. The van der Waals surface area contributed by atoms with Crippen molar-refractivity contribution in [3.8, 4) is 0 Å². The van der Waals surface area contributed by atoms with Crippen molar-refractivity contribution in [2.75, 3.05) is 18.1 Å². The molecule has 0 unspecified atom stereocenters.